The second-order valence-electron chi connectivity index (χ2n) is 7.07. The molecule has 7 heteroatoms. The van der Waals surface area contributed by atoms with Crippen molar-refractivity contribution in [3.05, 3.63) is 65.7 Å². The van der Waals surface area contributed by atoms with Crippen LogP contribution in [0.2, 0.25) is 0 Å². The Morgan fingerprint density at radius 1 is 1.14 bits per heavy atom. The van der Waals surface area contributed by atoms with Crippen molar-refractivity contribution in [2.24, 2.45) is 0 Å². The SMILES string of the molecule is Cc1cc(C)nc(O[C@@H]2CCCN(C(=O)c3cccc(-n4cccn4)c3)C2)n1. The molecule has 0 aliphatic carbocycles. The standard InChI is InChI=1S/C21H23N5O2/c1-15-12-16(2)24-21(23-15)28-19-8-4-10-25(14-19)20(27)17-6-3-7-18(13-17)26-11-5-9-22-26/h3,5-7,9,11-13,19H,4,8,10,14H2,1-2H3/t19-/m1/s1. The minimum atomic E-state index is -0.104. The van der Waals surface area contributed by atoms with E-state index in [1.807, 2.05) is 61.3 Å². The normalized spacial score (nSPS) is 16.8. The third kappa shape index (κ3) is 4.03. The van der Waals surface area contributed by atoms with Gasteiger partial charge in [0.15, 0.2) is 0 Å². The first-order valence-corrected chi connectivity index (χ1v) is 9.47. The number of aromatic nitrogens is 4. The van der Waals surface area contributed by atoms with Crippen LogP contribution in [-0.2, 0) is 0 Å². The largest absolute Gasteiger partial charge is 0.458 e. The first kappa shape index (κ1) is 18.2. The molecule has 0 unspecified atom stereocenters. The number of benzene rings is 1. The Morgan fingerprint density at radius 2 is 1.96 bits per heavy atom. The summed E-state index contributed by atoms with van der Waals surface area (Å²) in [7, 11) is 0. The summed E-state index contributed by atoms with van der Waals surface area (Å²) in [5.74, 6) is 0.00338. The molecule has 0 spiro atoms. The van der Waals surface area contributed by atoms with Crippen molar-refractivity contribution in [2.75, 3.05) is 13.1 Å². The van der Waals surface area contributed by atoms with Gasteiger partial charge in [-0.1, -0.05) is 6.07 Å². The number of nitrogens with zero attached hydrogens (tertiary/aromatic N) is 5. The zero-order chi connectivity index (χ0) is 19.5. The molecule has 1 atom stereocenters. The summed E-state index contributed by atoms with van der Waals surface area (Å²) in [6, 6.07) is 11.7. The van der Waals surface area contributed by atoms with Crippen LogP contribution in [0.1, 0.15) is 34.6 Å². The lowest BCUT2D eigenvalue weighted by Gasteiger charge is -2.32. The molecular weight excluding hydrogens is 354 g/mol. The summed E-state index contributed by atoms with van der Waals surface area (Å²) < 4.78 is 7.73. The number of carbonyl (C=O) groups is 1. The van der Waals surface area contributed by atoms with Crippen molar-refractivity contribution in [3.63, 3.8) is 0 Å². The summed E-state index contributed by atoms with van der Waals surface area (Å²) in [5, 5.41) is 4.23. The van der Waals surface area contributed by atoms with Gasteiger partial charge in [-0.3, -0.25) is 4.79 Å². The fourth-order valence-corrected chi connectivity index (χ4v) is 3.50. The van der Waals surface area contributed by atoms with E-state index in [0.29, 0.717) is 18.1 Å². The van der Waals surface area contributed by atoms with Crippen molar-refractivity contribution in [1.29, 1.82) is 0 Å². The molecule has 0 radical (unpaired) electrons. The van der Waals surface area contributed by atoms with Gasteiger partial charge in [0.2, 0.25) is 0 Å². The topological polar surface area (TPSA) is 73.1 Å². The van der Waals surface area contributed by atoms with Gasteiger partial charge in [-0.05, 0) is 57.0 Å². The van der Waals surface area contributed by atoms with Crippen LogP contribution in [0.4, 0.5) is 0 Å². The number of hydrogen-bond donors (Lipinski definition) is 0. The fourth-order valence-electron chi connectivity index (χ4n) is 3.50. The minimum absolute atomic E-state index is 0.00338. The van der Waals surface area contributed by atoms with E-state index < -0.39 is 0 Å². The minimum Gasteiger partial charge on any atom is -0.458 e. The highest BCUT2D eigenvalue weighted by molar-refractivity contribution is 5.94. The summed E-state index contributed by atoms with van der Waals surface area (Å²) in [6.45, 7) is 5.09. The molecule has 3 heterocycles. The number of rotatable bonds is 4. The number of aryl methyl sites for hydroxylation is 2. The molecule has 1 aliphatic rings. The molecule has 3 aromatic rings. The van der Waals surface area contributed by atoms with Crippen molar-refractivity contribution < 1.29 is 9.53 Å². The zero-order valence-electron chi connectivity index (χ0n) is 16.1. The van der Waals surface area contributed by atoms with Crippen molar-refractivity contribution >= 4 is 5.91 Å². The molecular formula is C21H23N5O2. The third-order valence-electron chi connectivity index (χ3n) is 4.76. The quantitative estimate of drug-likeness (QED) is 0.699. The molecule has 1 fully saturated rings. The van der Waals surface area contributed by atoms with Crippen LogP contribution in [0, 0.1) is 13.8 Å². The van der Waals surface area contributed by atoms with Gasteiger partial charge < -0.3 is 9.64 Å². The predicted octanol–water partition coefficient (Wildman–Crippen LogP) is 2.96. The first-order chi connectivity index (χ1) is 13.6. The number of piperidine rings is 1. The molecule has 0 saturated carbocycles. The van der Waals surface area contributed by atoms with Gasteiger partial charge in [0, 0.05) is 35.9 Å². The maximum absolute atomic E-state index is 13.0. The van der Waals surface area contributed by atoms with Crippen molar-refractivity contribution in [3.8, 4) is 11.7 Å². The average molecular weight is 377 g/mol. The van der Waals surface area contributed by atoms with Crippen LogP contribution in [-0.4, -0.2) is 49.7 Å². The Morgan fingerprint density at radius 3 is 2.71 bits per heavy atom. The Hall–Kier alpha value is -3.22. The van der Waals surface area contributed by atoms with E-state index in [4.69, 9.17) is 4.74 Å². The maximum Gasteiger partial charge on any atom is 0.317 e. The highest BCUT2D eigenvalue weighted by Crippen LogP contribution is 2.19. The average Bonchev–Trinajstić information content (AvgIpc) is 3.22. The Labute approximate surface area is 164 Å². The molecule has 4 rings (SSSR count). The summed E-state index contributed by atoms with van der Waals surface area (Å²) in [5.41, 5.74) is 3.27. The van der Waals surface area contributed by atoms with Gasteiger partial charge in [0.05, 0.1) is 12.2 Å². The molecule has 1 amide bonds. The molecule has 1 aliphatic heterocycles. The van der Waals surface area contributed by atoms with Crippen LogP contribution in [0.5, 0.6) is 6.01 Å². The van der Waals surface area contributed by atoms with E-state index in [1.54, 1.807) is 10.9 Å². The molecule has 2 aromatic heterocycles. The van der Waals surface area contributed by atoms with Crippen LogP contribution in [0.3, 0.4) is 0 Å². The second kappa shape index (κ2) is 7.80. The fraction of sp³-hybridized carbons (Fsp3) is 0.333. The van der Waals surface area contributed by atoms with E-state index in [1.165, 1.54) is 0 Å². The van der Waals surface area contributed by atoms with Gasteiger partial charge in [-0.15, -0.1) is 0 Å². The number of likely N-dealkylation sites (tertiary alicyclic amines) is 1. The maximum atomic E-state index is 13.0. The summed E-state index contributed by atoms with van der Waals surface area (Å²) in [4.78, 5) is 23.6. The predicted molar refractivity (Wildman–Crippen MR) is 105 cm³/mol. The highest BCUT2D eigenvalue weighted by Gasteiger charge is 2.26. The number of hydrogen-bond acceptors (Lipinski definition) is 5. The van der Waals surface area contributed by atoms with Crippen LogP contribution in [0.25, 0.3) is 5.69 Å². The molecule has 0 bridgehead atoms. The van der Waals surface area contributed by atoms with E-state index >= 15 is 0 Å². The first-order valence-electron chi connectivity index (χ1n) is 9.47. The zero-order valence-corrected chi connectivity index (χ0v) is 16.1. The van der Waals surface area contributed by atoms with Gasteiger partial charge in [-0.25, -0.2) is 14.6 Å². The smallest absolute Gasteiger partial charge is 0.317 e. The molecule has 1 aromatic carbocycles. The monoisotopic (exact) mass is 377 g/mol. The number of amides is 1. The Kier molecular flexibility index (Phi) is 5.06. The molecule has 144 valence electrons. The van der Waals surface area contributed by atoms with Gasteiger partial charge in [0.25, 0.3) is 5.91 Å². The van der Waals surface area contributed by atoms with Crippen LogP contribution >= 0.6 is 0 Å². The van der Waals surface area contributed by atoms with E-state index in [2.05, 4.69) is 15.1 Å². The van der Waals surface area contributed by atoms with E-state index in [-0.39, 0.29) is 12.0 Å². The van der Waals surface area contributed by atoms with E-state index in [9.17, 15) is 4.79 Å². The molecule has 28 heavy (non-hydrogen) atoms. The van der Waals surface area contributed by atoms with Crippen LogP contribution in [0.15, 0.2) is 48.8 Å². The van der Waals surface area contributed by atoms with Crippen LogP contribution < -0.4 is 4.74 Å². The number of carbonyl (C=O) groups excluding carboxylic acids is 1. The molecule has 0 N–H and O–H groups in total. The lowest BCUT2D eigenvalue weighted by molar-refractivity contribution is 0.0515. The van der Waals surface area contributed by atoms with E-state index in [0.717, 1.165) is 36.5 Å². The van der Waals surface area contributed by atoms with Gasteiger partial charge in [0.1, 0.15) is 6.10 Å². The van der Waals surface area contributed by atoms with Gasteiger partial charge in [-0.2, -0.15) is 5.10 Å². The lowest BCUT2D eigenvalue weighted by atomic mass is 10.1. The lowest BCUT2D eigenvalue weighted by Crippen LogP contribution is -2.44. The third-order valence-corrected chi connectivity index (χ3v) is 4.76. The summed E-state index contributed by atoms with van der Waals surface area (Å²) in [6.07, 6.45) is 5.25. The van der Waals surface area contributed by atoms with Crippen molar-refractivity contribution in [2.45, 2.75) is 32.8 Å². The second-order valence-corrected chi connectivity index (χ2v) is 7.07. The summed E-state index contributed by atoms with van der Waals surface area (Å²) >= 11 is 0. The Bertz CT molecular complexity index is 950. The van der Waals surface area contributed by atoms with Crippen molar-refractivity contribution in [1.82, 2.24) is 24.6 Å². The molecule has 1 saturated heterocycles. The van der Waals surface area contributed by atoms with Gasteiger partial charge >= 0.3 is 6.01 Å². The highest BCUT2D eigenvalue weighted by atomic mass is 16.5. The Balaban J connectivity index is 1.47. The molecule has 7 nitrogen and oxygen atoms in total. The number of ether oxygens (including phenoxy) is 1.